The minimum atomic E-state index is 0.345. The van der Waals surface area contributed by atoms with Gasteiger partial charge in [0.1, 0.15) is 5.78 Å². The second-order valence-electron chi connectivity index (χ2n) is 6.23. The highest BCUT2D eigenvalue weighted by atomic mass is 32.2. The Hall–Kier alpha value is -0.800. The number of ketones is 1. The topological polar surface area (TPSA) is 26.3 Å². The molecule has 0 spiro atoms. The second kappa shape index (κ2) is 7.46. The van der Waals surface area contributed by atoms with Crippen molar-refractivity contribution in [3.63, 3.8) is 0 Å². The molecular formula is C18H24O2S. The average Bonchev–Trinajstić information content (AvgIpc) is 2.86. The van der Waals surface area contributed by atoms with Gasteiger partial charge in [-0.05, 0) is 37.7 Å². The van der Waals surface area contributed by atoms with E-state index in [4.69, 9.17) is 4.74 Å². The van der Waals surface area contributed by atoms with Crippen LogP contribution in [0.4, 0.5) is 0 Å². The molecule has 0 amide bonds. The van der Waals surface area contributed by atoms with Gasteiger partial charge in [0, 0.05) is 29.4 Å². The van der Waals surface area contributed by atoms with Crippen LogP contribution in [0.5, 0.6) is 0 Å². The molecule has 1 aromatic carbocycles. The lowest BCUT2D eigenvalue weighted by molar-refractivity contribution is -0.123. The van der Waals surface area contributed by atoms with E-state index in [1.54, 1.807) is 0 Å². The lowest BCUT2D eigenvalue weighted by Gasteiger charge is -2.26. The van der Waals surface area contributed by atoms with Gasteiger partial charge in [-0.25, -0.2) is 0 Å². The molecule has 2 aliphatic heterocycles. The van der Waals surface area contributed by atoms with Crippen LogP contribution in [-0.2, 0) is 16.1 Å². The van der Waals surface area contributed by atoms with Crippen molar-refractivity contribution >= 4 is 17.5 Å². The van der Waals surface area contributed by atoms with E-state index < -0.39 is 0 Å². The fraction of sp³-hybridized carbons (Fsp3) is 0.611. The van der Waals surface area contributed by atoms with Crippen LogP contribution in [0.25, 0.3) is 0 Å². The molecule has 2 aliphatic rings. The first-order valence-corrected chi connectivity index (χ1v) is 9.05. The van der Waals surface area contributed by atoms with E-state index in [0.29, 0.717) is 31.3 Å². The zero-order valence-corrected chi connectivity index (χ0v) is 13.3. The molecule has 2 fully saturated rings. The molecule has 2 heterocycles. The number of carbonyl (C=O) groups is 1. The summed E-state index contributed by atoms with van der Waals surface area (Å²) in [5, 5.41) is 1.54. The van der Waals surface area contributed by atoms with Gasteiger partial charge in [0.25, 0.3) is 0 Å². The average molecular weight is 304 g/mol. The van der Waals surface area contributed by atoms with Crippen molar-refractivity contribution in [2.75, 3.05) is 6.61 Å². The van der Waals surface area contributed by atoms with Crippen LogP contribution in [0.3, 0.4) is 0 Å². The summed E-state index contributed by atoms with van der Waals surface area (Å²) in [4.78, 5) is 12.3. The summed E-state index contributed by atoms with van der Waals surface area (Å²) in [7, 11) is 0. The maximum Gasteiger partial charge on any atom is 0.136 e. The standard InChI is InChI=1S/C18H24O2S/c19-18(15-11-16-8-9-17(12-15)21-16)7-4-10-20-13-14-5-2-1-3-6-14/h1-3,5-6,15-17H,4,7-13H2. The first-order valence-electron chi connectivity index (χ1n) is 8.11. The highest BCUT2D eigenvalue weighted by molar-refractivity contribution is 8.00. The molecule has 114 valence electrons. The summed E-state index contributed by atoms with van der Waals surface area (Å²) in [6.07, 6.45) is 6.49. The largest absolute Gasteiger partial charge is 0.377 e. The minimum absolute atomic E-state index is 0.345. The summed E-state index contributed by atoms with van der Waals surface area (Å²) < 4.78 is 5.66. The molecule has 0 aliphatic carbocycles. The maximum absolute atomic E-state index is 12.3. The summed E-state index contributed by atoms with van der Waals surface area (Å²) in [5.41, 5.74) is 1.20. The van der Waals surface area contributed by atoms with Crippen molar-refractivity contribution in [2.45, 2.75) is 55.6 Å². The minimum Gasteiger partial charge on any atom is -0.377 e. The van der Waals surface area contributed by atoms with Crippen molar-refractivity contribution in [3.05, 3.63) is 35.9 Å². The summed E-state index contributed by atoms with van der Waals surface area (Å²) in [6, 6.07) is 10.2. The molecule has 2 unspecified atom stereocenters. The Morgan fingerprint density at radius 1 is 1.14 bits per heavy atom. The number of Topliss-reactive ketones (excluding diaryl/α,β-unsaturated/α-hetero) is 1. The summed E-state index contributed by atoms with van der Waals surface area (Å²) in [5.74, 6) is 0.827. The van der Waals surface area contributed by atoms with E-state index in [9.17, 15) is 4.79 Å². The Morgan fingerprint density at radius 2 is 1.86 bits per heavy atom. The van der Waals surface area contributed by atoms with E-state index in [1.807, 2.05) is 18.2 Å². The monoisotopic (exact) mass is 304 g/mol. The quantitative estimate of drug-likeness (QED) is 0.705. The van der Waals surface area contributed by atoms with E-state index in [-0.39, 0.29) is 0 Å². The van der Waals surface area contributed by atoms with Crippen molar-refractivity contribution < 1.29 is 9.53 Å². The van der Waals surface area contributed by atoms with Crippen LogP contribution in [0, 0.1) is 5.92 Å². The highest BCUT2D eigenvalue weighted by Gasteiger charge is 2.37. The predicted molar refractivity (Wildman–Crippen MR) is 87.5 cm³/mol. The molecule has 0 aromatic heterocycles. The molecular weight excluding hydrogens is 280 g/mol. The fourth-order valence-corrected chi connectivity index (χ4v) is 5.21. The molecule has 2 atom stereocenters. The molecule has 3 heteroatoms. The summed E-state index contributed by atoms with van der Waals surface area (Å²) in [6.45, 7) is 1.34. The lowest BCUT2D eigenvalue weighted by Crippen LogP contribution is -2.24. The smallest absolute Gasteiger partial charge is 0.136 e. The lowest BCUT2D eigenvalue weighted by atomic mass is 9.92. The first kappa shape index (κ1) is 15.1. The normalized spacial score (nSPS) is 27.7. The Balaban J connectivity index is 1.31. The molecule has 0 saturated carbocycles. The van der Waals surface area contributed by atoms with Gasteiger partial charge >= 0.3 is 0 Å². The maximum atomic E-state index is 12.3. The number of hydrogen-bond donors (Lipinski definition) is 0. The fourth-order valence-electron chi connectivity index (χ4n) is 3.44. The van der Waals surface area contributed by atoms with Crippen molar-refractivity contribution in [2.24, 2.45) is 5.92 Å². The molecule has 21 heavy (non-hydrogen) atoms. The molecule has 2 nitrogen and oxygen atoms in total. The zero-order chi connectivity index (χ0) is 14.5. The van der Waals surface area contributed by atoms with Crippen molar-refractivity contribution in [3.8, 4) is 0 Å². The third-order valence-electron chi connectivity index (χ3n) is 4.57. The third-order valence-corrected chi connectivity index (χ3v) is 6.20. The summed E-state index contributed by atoms with van der Waals surface area (Å²) >= 11 is 2.13. The van der Waals surface area contributed by atoms with Crippen LogP contribution >= 0.6 is 11.8 Å². The molecule has 2 saturated heterocycles. The van der Waals surface area contributed by atoms with Crippen LogP contribution in [0.1, 0.15) is 44.1 Å². The number of fused-ring (bicyclic) bond motifs is 2. The third kappa shape index (κ3) is 4.33. The molecule has 2 bridgehead atoms. The molecule has 3 rings (SSSR count). The van der Waals surface area contributed by atoms with Gasteiger partial charge in [0.15, 0.2) is 0 Å². The van der Waals surface area contributed by atoms with Crippen molar-refractivity contribution in [1.82, 2.24) is 0 Å². The van der Waals surface area contributed by atoms with Gasteiger partial charge in [-0.1, -0.05) is 30.3 Å². The number of thioether (sulfide) groups is 1. The number of benzene rings is 1. The van der Waals surface area contributed by atoms with E-state index in [1.165, 1.54) is 18.4 Å². The highest BCUT2D eigenvalue weighted by Crippen LogP contribution is 2.46. The van der Waals surface area contributed by atoms with Gasteiger partial charge in [-0.2, -0.15) is 11.8 Å². The molecule has 0 N–H and O–H groups in total. The van der Waals surface area contributed by atoms with Crippen LogP contribution < -0.4 is 0 Å². The number of rotatable bonds is 7. The first-order chi connectivity index (χ1) is 10.3. The van der Waals surface area contributed by atoms with Gasteiger partial charge in [0.2, 0.25) is 0 Å². The van der Waals surface area contributed by atoms with Crippen LogP contribution in [0.2, 0.25) is 0 Å². The number of hydrogen-bond acceptors (Lipinski definition) is 3. The van der Waals surface area contributed by atoms with Gasteiger partial charge in [-0.3, -0.25) is 4.79 Å². The van der Waals surface area contributed by atoms with E-state index >= 15 is 0 Å². The Labute approximate surface area is 131 Å². The van der Waals surface area contributed by atoms with Crippen LogP contribution in [0.15, 0.2) is 30.3 Å². The van der Waals surface area contributed by atoms with E-state index in [0.717, 1.165) is 29.8 Å². The van der Waals surface area contributed by atoms with E-state index in [2.05, 4.69) is 23.9 Å². The Kier molecular flexibility index (Phi) is 5.37. The Morgan fingerprint density at radius 3 is 2.57 bits per heavy atom. The van der Waals surface area contributed by atoms with Crippen molar-refractivity contribution in [1.29, 1.82) is 0 Å². The van der Waals surface area contributed by atoms with Gasteiger partial charge in [0.05, 0.1) is 6.61 Å². The zero-order valence-electron chi connectivity index (χ0n) is 12.5. The SMILES string of the molecule is O=C(CCCOCc1ccccc1)C1CC2CCC(C1)S2. The molecule has 0 radical (unpaired) electrons. The van der Waals surface area contributed by atoms with Gasteiger partial charge < -0.3 is 4.74 Å². The van der Waals surface area contributed by atoms with Crippen LogP contribution in [-0.4, -0.2) is 22.9 Å². The number of ether oxygens (including phenoxy) is 1. The second-order valence-corrected chi connectivity index (χ2v) is 7.84. The van der Waals surface area contributed by atoms with Gasteiger partial charge in [-0.15, -0.1) is 0 Å². The predicted octanol–water partition coefficient (Wildman–Crippen LogP) is 4.23. The molecule has 1 aromatic rings. The Bertz CT molecular complexity index is 448. The number of carbonyl (C=O) groups excluding carboxylic acids is 1.